The van der Waals surface area contributed by atoms with Gasteiger partial charge in [0.2, 0.25) is 0 Å². The number of hydrogen-bond donors (Lipinski definition) is 0. The molecule has 2 rings (SSSR count). The fourth-order valence-electron chi connectivity index (χ4n) is 2.89. The van der Waals surface area contributed by atoms with Crippen molar-refractivity contribution < 1.29 is 9.59 Å². The van der Waals surface area contributed by atoms with Crippen LogP contribution >= 0.6 is 0 Å². The van der Waals surface area contributed by atoms with Crippen molar-refractivity contribution in [2.45, 2.75) is 51.9 Å². The summed E-state index contributed by atoms with van der Waals surface area (Å²) >= 11 is 0. The van der Waals surface area contributed by atoms with Crippen LogP contribution in [0.4, 0.5) is 0 Å². The highest BCUT2D eigenvalue weighted by Gasteiger charge is 2.27. The molecule has 102 valence electrons. The molecule has 0 spiro atoms. The summed E-state index contributed by atoms with van der Waals surface area (Å²) < 4.78 is 0. The third kappa shape index (κ3) is 3.52. The summed E-state index contributed by atoms with van der Waals surface area (Å²) in [4.78, 5) is 23.9. The van der Waals surface area contributed by atoms with Gasteiger partial charge in [0.25, 0.3) is 0 Å². The molecule has 1 aliphatic rings. The molecule has 0 N–H and O–H groups in total. The molecule has 0 heterocycles. The zero-order chi connectivity index (χ0) is 13.8. The molecule has 1 aromatic carbocycles. The van der Waals surface area contributed by atoms with Crippen LogP contribution in [0.25, 0.3) is 0 Å². The Morgan fingerprint density at radius 2 is 2.00 bits per heavy atom. The van der Waals surface area contributed by atoms with E-state index in [2.05, 4.69) is 19.9 Å². The second kappa shape index (κ2) is 6.14. The molecule has 0 bridgehead atoms. The summed E-state index contributed by atoms with van der Waals surface area (Å²) in [5.74, 6) is 0.935. The highest BCUT2D eigenvalue weighted by Crippen LogP contribution is 2.32. The minimum Gasteiger partial charge on any atom is -0.300 e. The van der Waals surface area contributed by atoms with E-state index in [9.17, 15) is 9.59 Å². The van der Waals surface area contributed by atoms with Crippen LogP contribution in [0.2, 0.25) is 0 Å². The third-order valence-electron chi connectivity index (χ3n) is 3.81. The molecular formula is C17H22O2. The standard InChI is InChI=1S/C17H22O2/c1-12(2)11-14(18)8-9-16-15-6-4-3-5-13(15)7-10-17(16)19/h3-6,12,16H,7-11H2,1-2H3. The summed E-state index contributed by atoms with van der Waals surface area (Å²) in [5, 5.41) is 0. The number of fused-ring (bicyclic) bond motifs is 1. The summed E-state index contributed by atoms with van der Waals surface area (Å²) in [5.41, 5.74) is 2.43. The van der Waals surface area contributed by atoms with Crippen LogP contribution in [-0.4, -0.2) is 11.6 Å². The van der Waals surface area contributed by atoms with Crippen molar-refractivity contribution in [2.24, 2.45) is 5.92 Å². The van der Waals surface area contributed by atoms with Crippen LogP contribution < -0.4 is 0 Å². The van der Waals surface area contributed by atoms with Crippen molar-refractivity contribution in [3.05, 3.63) is 35.4 Å². The predicted molar refractivity (Wildman–Crippen MR) is 76.2 cm³/mol. The molecular weight excluding hydrogens is 236 g/mol. The van der Waals surface area contributed by atoms with Crippen LogP contribution in [0.1, 0.15) is 56.6 Å². The molecule has 0 radical (unpaired) electrons. The van der Waals surface area contributed by atoms with Gasteiger partial charge in [0.1, 0.15) is 11.6 Å². The maximum absolute atomic E-state index is 12.1. The lowest BCUT2D eigenvalue weighted by atomic mass is 9.79. The highest BCUT2D eigenvalue weighted by atomic mass is 16.1. The van der Waals surface area contributed by atoms with Crippen LogP contribution in [-0.2, 0) is 16.0 Å². The number of carbonyl (C=O) groups is 2. The van der Waals surface area contributed by atoms with Gasteiger partial charge in [0, 0.05) is 25.2 Å². The van der Waals surface area contributed by atoms with Gasteiger partial charge in [-0.15, -0.1) is 0 Å². The van der Waals surface area contributed by atoms with E-state index >= 15 is 0 Å². The number of aryl methyl sites for hydroxylation is 1. The second-order valence-electron chi connectivity index (χ2n) is 5.89. The number of ketones is 2. The lowest BCUT2D eigenvalue weighted by Crippen LogP contribution is -2.21. The first-order chi connectivity index (χ1) is 9.08. The molecule has 0 aromatic heterocycles. The van der Waals surface area contributed by atoms with Gasteiger partial charge in [0.05, 0.1) is 0 Å². The van der Waals surface area contributed by atoms with Crippen molar-refractivity contribution in [2.75, 3.05) is 0 Å². The maximum Gasteiger partial charge on any atom is 0.140 e. The highest BCUT2D eigenvalue weighted by molar-refractivity contribution is 5.89. The van der Waals surface area contributed by atoms with Crippen molar-refractivity contribution >= 4 is 11.6 Å². The van der Waals surface area contributed by atoms with E-state index in [0.29, 0.717) is 37.4 Å². The first-order valence-corrected chi connectivity index (χ1v) is 7.20. The third-order valence-corrected chi connectivity index (χ3v) is 3.81. The Kier molecular flexibility index (Phi) is 4.52. The predicted octanol–water partition coefficient (Wildman–Crippen LogP) is 3.68. The Hall–Kier alpha value is -1.44. The summed E-state index contributed by atoms with van der Waals surface area (Å²) in [7, 11) is 0. The molecule has 0 saturated heterocycles. The van der Waals surface area contributed by atoms with Crippen molar-refractivity contribution in [3.8, 4) is 0 Å². The largest absolute Gasteiger partial charge is 0.300 e. The molecule has 0 aliphatic heterocycles. The van der Waals surface area contributed by atoms with Gasteiger partial charge in [0.15, 0.2) is 0 Å². The van der Waals surface area contributed by atoms with Crippen LogP contribution in [0.3, 0.4) is 0 Å². The Balaban J connectivity index is 2.03. The molecule has 0 saturated carbocycles. The smallest absolute Gasteiger partial charge is 0.140 e. The molecule has 0 fully saturated rings. The number of carbonyl (C=O) groups excluding carboxylic acids is 2. The van der Waals surface area contributed by atoms with E-state index < -0.39 is 0 Å². The second-order valence-corrected chi connectivity index (χ2v) is 5.89. The lowest BCUT2D eigenvalue weighted by Gasteiger charge is -2.24. The molecule has 1 atom stereocenters. The van der Waals surface area contributed by atoms with Gasteiger partial charge < -0.3 is 0 Å². The van der Waals surface area contributed by atoms with Crippen molar-refractivity contribution in [1.29, 1.82) is 0 Å². The van der Waals surface area contributed by atoms with E-state index in [4.69, 9.17) is 0 Å². The van der Waals surface area contributed by atoms with E-state index in [1.165, 1.54) is 5.56 Å². The SMILES string of the molecule is CC(C)CC(=O)CCC1C(=O)CCc2ccccc21. The summed E-state index contributed by atoms with van der Waals surface area (Å²) in [6, 6.07) is 8.16. The van der Waals surface area contributed by atoms with Gasteiger partial charge in [-0.1, -0.05) is 38.1 Å². The molecule has 2 heteroatoms. The van der Waals surface area contributed by atoms with Crippen LogP contribution in [0, 0.1) is 5.92 Å². The molecule has 1 aromatic rings. The quantitative estimate of drug-likeness (QED) is 0.807. The number of hydrogen-bond acceptors (Lipinski definition) is 2. The molecule has 0 amide bonds. The summed E-state index contributed by atoms with van der Waals surface area (Å²) in [6.07, 6.45) is 3.32. The normalized spacial score (nSPS) is 18.5. The monoisotopic (exact) mass is 258 g/mol. The van der Waals surface area contributed by atoms with Gasteiger partial charge in [-0.25, -0.2) is 0 Å². The average molecular weight is 258 g/mol. The average Bonchev–Trinajstić information content (AvgIpc) is 2.36. The Morgan fingerprint density at radius 1 is 1.26 bits per heavy atom. The Labute approximate surface area is 115 Å². The van der Waals surface area contributed by atoms with Crippen molar-refractivity contribution in [3.63, 3.8) is 0 Å². The topological polar surface area (TPSA) is 34.1 Å². The van der Waals surface area contributed by atoms with E-state index in [-0.39, 0.29) is 11.7 Å². The Bertz CT molecular complexity index is 474. The maximum atomic E-state index is 12.1. The first-order valence-electron chi connectivity index (χ1n) is 7.20. The van der Waals surface area contributed by atoms with Crippen LogP contribution in [0.5, 0.6) is 0 Å². The number of benzene rings is 1. The van der Waals surface area contributed by atoms with Gasteiger partial charge >= 0.3 is 0 Å². The van der Waals surface area contributed by atoms with E-state index in [0.717, 1.165) is 12.0 Å². The molecule has 2 nitrogen and oxygen atoms in total. The zero-order valence-corrected chi connectivity index (χ0v) is 11.8. The zero-order valence-electron chi connectivity index (χ0n) is 11.8. The fraction of sp³-hybridized carbons (Fsp3) is 0.529. The van der Waals surface area contributed by atoms with Gasteiger partial charge in [-0.2, -0.15) is 0 Å². The fourth-order valence-corrected chi connectivity index (χ4v) is 2.89. The first kappa shape index (κ1) is 14.0. The minimum absolute atomic E-state index is 0.0546. The number of rotatable bonds is 5. The molecule has 19 heavy (non-hydrogen) atoms. The summed E-state index contributed by atoms with van der Waals surface area (Å²) in [6.45, 7) is 4.11. The van der Waals surface area contributed by atoms with Gasteiger partial charge in [-0.05, 0) is 29.9 Å². The van der Waals surface area contributed by atoms with Crippen molar-refractivity contribution in [1.82, 2.24) is 0 Å². The van der Waals surface area contributed by atoms with Crippen LogP contribution in [0.15, 0.2) is 24.3 Å². The minimum atomic E-state index is -0.0546. The Morgan fingerprint density at radius 3 is 2.74 bits per heavy atom. The number of Topliss-reactive ketones (excluding diaryl/α,β-unsaturated/α-hetero) is 2. The molecule has 1 unspecified atom stereocenters. The van der Waals surface area contributed by atoms with E-state index in [1.54, 1.807) is 0 Å². The molecule has 1 aliphatic carbocycles. The van der Waals surface area contributed by atoms with E-state index in [1.807, 2.05) is 18.2 Å². The lowest BCUT2D eigenvalue weighted by molar-refractivity contribution is -0.122. The van der Waals surface area contributed by atoms with Gasteiger partial charge in [-0.3, -0.25) is 9.59 Å².